The average molecular weight is 330 g/mol. The molecule has 1 aliphatic rings. The van der Waals surface area contributed by atoms with Crippen molar-refractivity contribution in [2.24, 2.45) is 0 Å². The summed E-state index contributed by atoms with van der Waals surface area (Å²) in [6.07, 6.45) is 4.30. The van der Waals surface area contributed by atoms with E-state index in [-0.39, 0.29) is 5.56 Å². The van der Waals surface area contributed by atoms with Gasteiger partial charge >= 0.3 is 5.69 Å². The van der Waals surface area contributed by atoms with E-state index >= 15 is 0 Å². The van der Waals surface area contributed by atoms with Crippen LogP contribution in [0.2, 0.25) is 0 Å². The van der Waals surface area contributed by atoms with Crippen LogP contribution in [0.25, 0.3) is 0 Å². The summed E-state index contributed by atoms with van der Waals surface area (Å²) < 4.78 is 0. The fourth-order valence-corrected chi connectivity index (χ4v) is 2.78. The highest BCUT2D eigenvalue weighted by Gasteiger charge is 2.17. The van der Waals surface area contributed by atoms with Crippen LogP contribution >= 0.6 is 0 Å². The van der Waals surface area contributed by atoms with E-state index in [9.17, 15) is 9.59 Å². The van der Waals surface area contributed by atoms with Gasteiger partial charge in [0.1, 0.15) is 5.82 Å². The molecular formula is C16H22N6O2. The smallest absolute Gasteiger partial charge is 0.325 e. The molecule has 1 aliphatic heterocycles. The maximum atomic E-state index is 11.7. The van der Waals surface area contributed by atoms with Crippen molar-refractivity contribution < 1.29 is 0 Å². The molecule has 8 heteroatoms. The monoisotopic (exact) mass is 330 g/mol. The molecule has 0 radical (unpaired) electrons. The van der Waals surface area contributed by atoms with Gasteiger partial charge in [-0.05, 0) is 33.1 Å². The van der Waals surface area contributed by atoms with Gasteiger partial charge in [0.15, 0.2) is 0 Å². The number of aryl methyl sites for hydroxylation is 1. The zero-order valence-electron chi connectivity index (χ0n) is 14.0. The fraction of sp³-hybridized carbons (Fsp3) is 0.500. The van der Waals surface area contributed by atoms with Crippen LogP contribution in [0.5, 0.6) is 0 Å². The number of aromatic amines is 2. The highest BCUT2D eigenvalue weighted by Crippen LogP contribution is 2.22. The molecular weight excluding hydrogens is 308 g/mol. The highest BCUT2D eigenvalue weighted by molar-refractivity contribution is 5.50. The second kappa shape index (κ2) is 6.86. The molecule has 2 aromatic heterocycles. The summed E-state index contributed by atoms with van der Waals surface area (Å²) in [6, 6.07) is 0. The standard InChI is InChI=1S/C16H22N6O2/c1-10-11(2)19-15(22-7-3-4-8-22)20-13(10)17-6-5-12-9-18-16(24)21-14(12)23/h9H,3-8H2,1-2H3,(H,17,19,20)(H2,18,21,23,24). The molecule has 1 saturated heterocycles. The van der Waals surface area contributed by atoms with Crippen LogP contribution in [0.4, 0.5) is 11.8 Å². The van der Waals surface area contributed by atoms with E-state index in [1.165, 1.54) is 19.0 Å². The Hall–Kier alpha value is -2.64. The maximum absolute atomic E-state index is 11.7. The minimum absolute atomic E-state index is 0.353. The van der Waals surface area contributed by atoms with Crippen molar-refractivity contribution in [1.82, 2.24) is 19.9 Å². The number of nitrogens with zero attached hydrogens (tertiary/aromatic N) is 3. The van der Waals surface area contributed by atoms with Crippen LogP contribution < -0.4 is 21.5 Å². The lowest BCUT2D eigenvalue weighted by Gasteiger charge is -2.18. The first kappa shape index (κ1) is 16.2. The second-order valence-electron chi connectivity index (χ2n) is 6.05. The molecule has 24 heavy (non-hydrogen) atoms. The quantitative estimate of drug-likeness (QED) is 0.746. The number of aromatic nitrogens is 4. The third-order valence-electron chi connectivity index (χ3n) is 4.35. The van der Waals surface area contributed by atoms with Gasteiger partial charge < -0.3 is 15.2 Å². The Morgan fingerprint density at radius 2 is 1.96 bits per heavy atom. The van der Waals surface area contributed by atoms with Gasteiger partial charge in [-0.1, -0.05) is 0 Å². The van der Waals surface area contributed by atoms with Crippen molar-refractivity contribution in [3.05, 3.63) is 43.9 Å². The molecule has 0 aliphatic carbocycles. The molecule has 3 heterocycles. The molecule has 1 fully saturated rings. The summed E-state index contributed by atoms with van der Waals surface area (Å²) in [5.41, 5.74) is 1.65. The number of hydrogen-bond donors (Lipinski definition) is 3. The van der Waals surface area contributed by atoms with Crippen LogP contribution in [0.1, 0.15) is 29.7 Å². The molecule has 0 spiro atoms. The Morgan fingerprint density at radius 3 is 2.67 bits per heavy atom. The van der Waals surface area contributed by atoms with Gasteiger partial charge in [-0.2, -0.15) is 4.98 Å². The van der Waals surface area contributed by atoms with Gasteiger partial charge in [-0.15, -0.1) is 0 Å². The van der Waals surface area contributed by atoms with Crippen LogP contribution in [-0.2, 0) is 6.42 Å². The third-order valence-corrected chi connectivity index (χ3v) is 4.35. The van der Waals surface area contributed by atoms with E-state index in [1.54, 1.807) is 0 Å². The molecule has 3 N–H and O–H groups in total. The summed E-state index contributed by atoms with van der Waals surface area (Å²) >= 11 is 0. The molecule has 0 aromatic carbocycles. The van der Waals surface area contributed by atoms with Crippen molar-refractivity contribution in [3.8, 4) is 0 Å². The molecule has 0 saturated carbocycles. The predicted octanol–water partition coefficient (Wildman–Crippen LogP) is 0.725. The van der Waals surface area contributed by atoms with Gasteiger partial charge in [0.05, 0.1) is 0 Å². The second-order valence-corrected chi connectivity index (χ2v) is 6.05. The fourth-order valence-electron chi connectivity index (χ4n) is 2.78. The van der Waals surface area contributed by atoms with Crippen molar-refractivity contribution in [1.29, 1.82) is 0 Å². The Balaban J connectivity index is 1.72. The van der Waals surface area contributed by atoms with Gasteiger partial charge in [0.2, 0.25) is 5.95 Å². The normalized spacial score (nSPS) is 14.2. The van der Waals surface area contributed by atoms with Crippen LogP contribution in [0.3, 0.4) is 0 Å². The summed E-state index contributed by atoms with van der Waals surface area (Å²) in [7, 11) is 0. The number of anilines is 2. The first-order valence-electron chi connectivity index (χ1n) is 8.19. The lowest BCUT2D eigenvalue weighted by molar-refractivity contribution is 0.875. The van der Waals surface area contributed by atoms with E-state index in [2.05, 4.69) is 30.2 Å². The summed E-state index contributed by atoms with van der Waals surface area (Å²) in [6.45, 7) is 6.50. The molecule has 0 amide bonds. The molecule has 2 aromatic rings. The summed E-state index contributed by atoms with van der Waals surface area (Å²) in [5.74, 6) is 1.56. The SMILES string of the molecule is Cc1nc(N2CCCC2)nc(NCCc2c[nH]c(=O)[nH]c2=O)c1C. The summed E-state index contributed by atoms with van der Waals surface area (Å²) in [5, 5.41) is 3.29. The zero-order chi connectivity index (χ0) is 17.1. The van der Waals surface area contributed by atoms with E-state index in [0.717, 1.165) is 36.1 Å². The van der Waals surface area contributed by atoms with Crippen LogP contribution in [0.15, 0.2) is 15.8 Å². The largest absolute Gasteiger partial charge is 0.369 e. The lowest BCUT2D eigenvalue weighted by atomic mass is 10.2. The van der Waals surface area contributed by atoms with E-state index < -0.39 is 5.69 Å². The predicted molar refractivity (Wildman–Crippen MR) is 92.8 cm³/mol. The number of nitrogens with one attached hydrogen (secondary N) is 3. The first-order chi connectivity index (χ1) is 11.5. The summed E-state index contributed by atoms with van der Waals surface area (Å²) in [4.78, 5) is 38.9. The molecule has 3 rings (SSSR count). The Morgan fingerprint density at radius 1 is 1.21 bits per heavy atom. The van der Waals surface area contributed by atoms with Gasteiger partial charge in [-0.25, -0.2) is 9.78 Å². The van der Waals surface area contributed by atoms with E-state index in [4.69, 9.17) is 0 Å². The highest BCUT2D eigenvalue weighted by atomic mass is 16.2. The van der Waals surface area contributed by atoms with Gasteiger partial charge in [0, 0.05) is 42.7 Å². The van der Waals surface area contributed by atoms with E-state index in [1.807, 2.05) is 13.8 Å². The molecule has 128 valence electrons. The van der Waals surface area contributed by atoms with Crippen LogP contribution in [0, 0.1) is 13.8 Å². The lowest BCUT2D eigenvalue weighted by Crippen LogP contribution is -2.26. The minimum Gasteiger partial charge on any atom is -0.369 e. The molecule has 0 atom stereocenters. The Labute approximate surface area is 139 Å². The number of H-pyrrole nitrogens is 2. The van der Waals surface area contributed by atoms with Crippen molar-refractivity contribution in [2.75, 3.05) is 29.9 Å². The minimum atomic E-state index is -0.491. The maximum Gasteiger partial charge on any atom is 0.325 e. The number of rotatable bonds is 5. The Kier molecular flexibility index (Phi) is 4.64. The Bertz CT molecular complexity index is 835. The number of hydrogen-bond acceptors (Lipinski definition) is 6. The molecule has 0 unspecified atom stereocenters. The topological polar surface area (TPSA) is 107 Å². The first-order valence-corrected chi connectivity index (χ1v) is 8.19. The van der Waals surface area contributed by atoms with Crippen molar-refractivity contribution in [3.63, 3.8) is 0 Å². The van der Waals surface area contributed by atoms with E-state index in [0.29, 0.717) is 18.5 Å². The van der Waals surface area contributed by atoms with Gasteiger partial charge in [-0.3, -0.25) is 9.78 Å². The molecule has 8 nitrogen and oxygen atoms in total. The van der Waals surface area contributed by atoms with Gasteiger partial charge in [0.25, 0.3) is 5.56 Å². The third kappa shape index (κ3) is 3.47. The molecule has 0 bridgehead atoms. The average Bonchev–Trinajstić information content (AvgIpc) is 3.07. The van der Waals surface area contributed by atoms with Crippen LogP contribution in [-0.4, -0.2) is 39.6 Å². The van der Waals surface area contributed by atoms with Crippen molar-refractivity contribution >= 4 is 11.8 Å². The van der Waals surface area contributed by atoms with Crippen molar-refractivity contribution in [2.45, 2.75) is 33.1 Å². The zero-order valence-corrected chi connectivity index (χ0v) is 14.0.